The minimum Gasteiger partial charge on any atom is -0.464 e. The molecule has 0 aliphatic heterocycles. The van der Waals surface area contributed by atoms with Crippen LogP contribution in [-0.2, 0) is 4.74 Å². The topological polar surface area (TPSA) is 52.3 Å². The van der Waals surface area contributed by atoms with Gasteiger partial charge in [0.05, 0.1) is 7.11 Å². The molecule has 2 aromatic rings. The third kappa shape index (κ3) is 2.10. The van der Waals surface area contributed by atoms with Gasteiger partial charge in [-0.3, -0.25) is 0 Å². The van der Waals surface area contributed by atoms with Gasteiger partial charge in [-0.05, 0) is 21.1 Å². The fourth-order valence-corrected chi connectivity index (χ4v) is 2.09. The van der Waals surface area contributed by atoms with E-state index in [0.29, 0.717) is 11.1 Å². The fraction of sp³-hybridized carbons (Fsp3) is 0.111. The van der Waals surface area contributed by atoms with Gasteiger partial charge >= 0.3 is 5.97 Å². The number of hydrogen-bond donors (Lipinski definition) is 0. The summed E-state index contributed by atoms with van der Waals surface area (Å²) in [6, 6.07) is 5.09. The van der Waals surface area contributed by atoms with E-state index in [1.165, 1.54) is 16.0 Å². The number of pyridine rings is 1. The summed E-state index contributed by atoms with van der Waals surface area (Å²) >= 11 is 2.12. The molecule has 2 rings (SSSR count). The summed E-state index contributed by atoms with van der Waals surface area (Å²) < 4.78 is 10.0. The molecule has 15 heavy (non-hydrogen) atoms. The van der Waals surface area contributed by atoms with Crippen molar-refractivity contribution in [3.05, 3.63) is 23.9 Å². The van der Waals surface area contributed by atoms with Crippen molar-refractivity contribution in [1.82, 2.24) is 4.98 Å². The number of esters is 1. The molecular formula is C9H6INO3S. The van der Waals surface area contributed by atoms with Crippen molar-refractivity contribution < 1.29 is 13.9 Å². The number of ether oxygens (including phenoxy) is 1. The van der Waals surface area contributed by atoms with Crippen molar-refractivity contribution in [3.8, 4) is 0 Å². The molecule has 0 aromatic carbocycles. The molecule has 0 bridgehead atoms. The lowest BCUT2D eigenvalue weighted by Gasteiger charge is -1.96. The highest BCUT2D eigenvalue weighted by Crippen LogP contribution is 2.30. The highest BCUT2D eigenvalue weighted by molar-refractivity contribution is 14.2. The molecule has 0 N–H and O–H groups in total. The van der Waals surface area contributed by atoms with Crippen molar-refractivity contribution in [2.24, 2.45) is 0 Å². The van der Waals surface area contributed by atoms with Gasteiger partial charge in [-0.2, -0.15) is 0 Å². The van der Waals surface area contributed by atoms with Crippen LogP contribution < -0.4 is 0 Å². The quantitative estimate of drug-likeness (QED) is 0.624. The van der Waals surface area contributed by atoms with Crippen molar-refractivity contribution >= 4 is 47.2 Å². The first kappa shape index (κ1) is 10.7. The van der Waals surface area contributed by atoms with Crippen LogP contribution in [0.2, 0.25) is 0 Å². The number of aromatic nitrogens is 1. The van der Waals surface area contributed by atoms with Gasteiger partial charge in [0.1, 0.15) is 11.2 Å². The number of methoxy groups -OCH3 is 1. The van der Waals surface area contributed by atoms with E-state index in [-0.39, 0.29) is 5.69 Å². The molecule has 0 radical (unpaired) electrons. The zero-order valence-electron chi connectivity index (χ0n) is 7.69. The third-order valence-corrected chi connectivity index (χ3v) is 3.48. The largest absolute Gasteiger partial charge is 0.464 e. The lowest BCUT2D eigenvalue weighted by Crippen LogP contribution is -2.03. The third-order valence-electron chi connectivity index (χ3n) is 1.82. The van der Waals surface area contributed by atoms with E-state index in [1.807, 2.05) is 0 Å². The Morgan fingerprint density at radius 1 is 1.60 bits per heavy atom. The van der Waals surface area contributed by atoms with Crippen LogP contribution in [-0.4, -0.2) is 18.1 Å². The zero-order valence-corrected chi connectivity index (χ0v) is 10.7. The van der Waals surface area contributed by atoms with Crippen molar-refractivity contribution in [2.45, 2.75) is 5.09 Å². The Balaban J connectivity index is 2.50. The first-order chi connectivity index (χ1) is 7.24. The molecule has 0 spiro atoms. The van der Waals surface area contributed by atoms with Gasteiger partial charge in [-0.15, -0.1) is 0 Å². The summed E-state index contributed by atoms with van der Waals surface area (Å²) in [5.74, 6) is -0.443. The number of nitrogens with zero attached hydrogens (tertiary/aromatic N) is 1. The van der Waals surface area contributed by atoms with Crippen LogP contribution in [0.5, 0.6) is 0 Å². The number of carbonyl (C=O) groups excluding carboxylic acids is 1. The summed E-state index contributed by atoms with van der Waals surface area (Å²) in [6.07, 6.45) is 0. The Hall–Kier alpha value is -0.760. The van der Waals surface area contributed by atoms with Crippen molar-refractivity contribution in [1.29, 1.82) is 0 Å². The second-order valence-electron chi connectivity index (χ2n) is 2.71. The first-order valence-electron chi connectivity index (χ1n) is 4.02. The number of carbonyl (C=O) groups is 1. The van der Waals surface area contributed by atoms with E-state index >= 15 is 0 Å². The Morgan fingerprint density at radius 3 is 3.07 bits per heavy atom. The Labute approximate surface area is 102 Å². The highest BCUT2D eigenvalue weighted by Gasteiger charge is 2.10. The van der Waals surface area contributed by atoms with Gasteiger partial charge in [-0.25, -0.2) is 9.78 Å². The van der Waals surface area contributed by atoms with Gasteiger partial charge < -0.3 is 9.15 Å². The summed E-state index contributed by atoms with van der Waals surface area (Å²) in [4.78, 5) is 15.3. The zero-order chi connectivity index (χ0) is 10.8. The Morgan fingerprint density at radius 2 is 2.40 bits per heavy atom. The van der Waals surface area contributed by atoms with Crippen molar-refractivity contribution in [3.63, 3.8) is 0 Å². The molecule has 2 heterocycles. The number of rotatable bonds is 2. The smallest absolute Gasteiger partial charge is 0.356 e. The molecule has 0 atom stereocenters. The molecule has 0 unspecified atom stereocenters. The number of fused-ring (bicyclic) bond motifs is 1. The monoisotopic (exact) mass is 335 g/mol. The molecule has 6 heteroatoms. The second-order valence-corrected chi connectivity index (χ2v) is 4.59. The molecule has 4 nitrogen and oxygen atoms in total. The van der Waals surface area contributed by atoms with E-state index in [9.17, 15) is 4.79 Å². The fourth-order valence-electron chi connectivity index (χ4n) is 1.16. The predicted molar refractivity (Wildman–Crippen MR) is 65.2 cm³/mol. The molecule has 0 aliphatic carbocycles. The van der Waals surface area contributed by atoms with E-state index in [0.717, 1.165) is 5.09 Å². The average molecular weight is 335 g/mol. The minimum absolute atomic E-state index is 0.288. The lowest BCUT2D eigenvalue weighted by molar-refractivity contribution is 0.0594. The van der Waals surface area contributed by atoms with E-state index < -0.39 is 5.97 Å². The normalized spacial score (nSPS) is 10.5. The van der Waals surface area contributed by atoms with E-state index in [4.69, 9.17) is 4.42 Å². The maximum Gasteiger partial charge on any atom is 0.356 e. The van der Waals surface area contributed by atoms with Crippen LogP contribution >= 0.6 is 30.1 Å². The summed E-state index contributed by atoms with van der Waals surface area (Å²) in [6.45, 7) is 0. The summed E-state index contributed by atoms with van der Waals surface area (Å²) in [5.41, 5.74) is 1.62. The van der Waals surface area contributed by atoms with Crippen LogP contribution in [0.15, 0.2) is 27.7 Å². The van der Waals surface area contributed by atoms with Gasteiger partial charge in [-0.1, -0.05) is 0 Å². The summed E-state index contributed by atoms with van der Waals surface area (Å²) in [5, 5.41) is 0.764. The standard InChI is InChI=1S/C9H6INO3S/c1-13-9(12)5-2-3-7-6(11-5)4-8(14-7)15-10/h2-4H,1H3. The molecule has 0 saturated carbocycles. The molecule has 0 fully saturated rings. The van der Waals surface area contributed by atoms with Gasteiger partial charge in [0, 0.05) is 27.3 Å². The van der Waals surface area contributed by atoms with Gasteiger partial charge in [0.15, 0.2) is 10.7 Å². The molecule has 0 aliphatic rings. The number of furan rings is 1. The Kier molecular flexibility index (Phi) is 3.15. The summed E-state index contributed by atoms with van der Waals surface area (Å²) in [7, 11) is 2.79. The minimum atomic E-state index is -0.443. The molecule has 0 amide bonds. The number of hydrogen-bond acceptors (Lipinski definition) is 5. The van der Waals surface area contributed by atoms with Gasteiger partial charge in [0.25, 0.3) is 0 Å². The predicted octanol–water partition coefficient (Wildman–Crippen LogP) is 3.06. The lowest BCUT2D eigenvalue weighted by atomic mass is 10.3. The van der Waals surface area contributed by atoms with E-state index in [2.05, 4.69) is 30.9 Å². The van der Waals surface area contributed by atoms with Gasteiger partial charge in [0.2, 0.25) is 0 Å². The molecule has 78 valence electrons. The molecule has 0 saturated heterocycles. The molecular weight excluding hydrogens is 329 g/mol. The Bertz CT molecular complexity index is 511. The van der Waals surface area contributed by atoms with Crippen LogP contribution in [0.25, 0.3) is 11.1 Å². The average Bonchev–Trinajstić information content (AvgIpc) is 2.69. The SMILES string of the molecule is COC(=O)c1ccc2oc(SI)cc2n1. The second kappa shape index (κ2) is 4.40. The van der Waals surface area contributed by atoms with Crippen molar-refractivity contribution in [2.75, 3.05) is 7.11 Å². The van der Waals surface area contributed by atoms with Crippen LogP contribution in [0.3, 0.4) is 0 Å². The number of halogens is 1. The highest BCUT2D eigenvalue weighted by atomic mass is 127. The molecule has 2 aromatic heterocycles. The maximum atomic E-state index is 11.2. The van der Waals surface area contributed by atoms with E-state index in [1.54, 1.807) is 18.2 Å². The van der Waals surface area contributed by atoms with Crippen LogP contribution in [0, 0.1) is 0 Å². The van der Waals surface area contributed by atoms with Crippen LogP contribution in [0.1, 0.15) is 10.5 Å². The maximum absolute atomic E-state index is 11.2. The first-order valence-corrected chi connectivity index (χ1v) is 7.38. The van der Waals surface area contributed by atoms with Crippen LogP contribution in [0.4, 0.5) is 0 Å².